The van der Waals surface area contributed by atoms with Gasteiger partial charge in [0.2, 0.25) is 40.1 Å². The number of nitrogens with one attached hydrogen (secondary N) is 4. The van der Waals surface area contributed by atoms with Gasteiger partial charge in [0.25, 0.3) is 0 Å². The van der Waals surface area contributed by atoms with Crippen molar-refractivity contribution in [2.24, 2.45) is 0 Å². The van der Waals surface area contributed by atoms with Gasteiger partial charge in [-0.1, -0.05) is 64.1 Å². The number of Topliss-reactive ketones (excluding diaryl/α,β-unsaturated/α-hetero) is 4. The number of fused-ring (bicyclic) bond motifs is 4. The van der Waals surface area contributed by atoms with Crippen LogP contribution in [0.1, 0.15) is 140 Å². The fourth-order valence-corrected chi connectivity index (χ4v) is 18.8. The second-order valence-corrected chi connectivity index (χ2v) is 36.6. The van der Waals surface area contributed by atoms with Gasteiger partial charge >= 0.3 is 0 Å². The van der Waals surface area contributed by atoms with Crippen molar-refractivity contribution in [3.05, 3.63) is 334 Å². The molecule has 4 aliphatic carbocycles. The Labute approximate surface area is 730 Å². The highest BCUT2D eigenvalue weighted by molar-refractivity contribution is 7.93. The van der Waals surface area contributed by atoms with Gasteiger partial charge in [-0.25, -0.2) is 68.8 Å². The van der Waals surface area contributed by atoms with E-state index in [1.807, 2.05) is 21.6 Å². The summed E-state index contributed by atoms with van der Waals surface area (Å²) in [6, 6.07) is 28.9. The Morgan fingerprint density at radius 1 is 0.305 bits per heavy atom. The minimum Gasteiger partial charge on any atom is -0.288 e. The molecule has 656 valence electrons. The number of carbonyl (C=O) groups is 4. The molecule has 4 aromatic carbocycles. The number of sulfonamides is 4. The maximum atomic E-state index is 15.1. The van der Waals surface area contributed by atoms with Gasteiger partial charge in [0.05, 0.1) is 79.4 Å². The number of ketones is 4. The highest BCUT2D eigenvalue weighted by atomic mass is 32.2. The second kappa shape index (κ2) is 39.4. The van der Waals surface area contributed by atoms with Crippen molar-refractivity contribution >= 4 is 108 Å². The average Bonchev–Trinajstić information content (AvgIpc) is 1.08. The normalized spacial score (nSPS) is 12.9. The third-order valence-corrected chi connectivity index (χ3v) is 26.2. The summed E-state index contributed by atoms with van der Waals surface area (Å²) in [4.78, 5) is 86.4. The van der Waals surface area contributed by atoms with Gasteiger partial charge in [0.1, 0.15) is 34.6 Å². The van der Waals surface area contributed by atoms with E-state index < -0.39 is 155 Å². The molecule has 12 aromatic rings. The molecule has 0 aliphatic heterocycles. The van der Waals surface area contributed by atoms with Crippen molar-refractivity contribution in [1.29, 1.82) is 0 Å². The highest BCUT2D eigenvalue weighted by Crippen LogP contribution is 2.41. The van der Waals surface area contributed by atoms with Crippen molar-refractivity contribution in [3.63, 3.8) is 0 Å². The number of rotatable bonds is 28. The monoisotopic (exact) mass is 1820 g/mol. The molecule has 16 rings (SSSR count). The van der Waals surface area contributed by atoms with Gasteiger partial charge in [-0.15, -0.1) is 0 Å². The first-order valence-electron chi connectivity index (χ1n) is 39.7. The number of nitrogens with zero attached hydrogens (tertiary/aromatic N) is 8. The van der Waals surface area contributed by atoms with Gasteiger partial charge in [0.15, 0.2) is 46.4 Å². The fraction of sp³-hybridized carbons (Fsp3) is 0.174. The predicted molar refractivity (Wildman–Crippen MR) is 470 cm³/mol. The van der Waals surface area contributed by atoms with E-state index in [9.17, 15) is 70.4 Å². The summed E-state index contributed by atoms with van der Waals surface area (Å²) in [5.74, 6) is -13.5. The van der Waals surface area contributed by atoms with Crippen molar-refractivity contribution in [2.75, 3.05) is 41.9 Å². The Bertz CT molecular complexity index is 6610. The van der Waals surface area contributed by atoms with Crippen molar-refractivity contribution < 1.29 is 88.0 Å². The summed E-state index contributed by atoms with van der Waals surface area (Å²) in [5, 5.41) is 0. The lowest BCUT2D eigenvalue weighted by Gasteiger charge is -2.13. The average molecular weight is 1820 g/mol. The molecule has 0 fully saturated rings. The molecule has 0 saturated heterocycles. The van der Waals surface area contributed by atoms with Crippen LogP contribution in [0.15, 0.2) is 220 Å². The van der Waals surface area contributed by atoms with E-state index >= 15 is 17.6 Å². The Hall–Kier alpha value is -13.8. The van der Waals surface area contributed by atoms with Gasteiger partial charge in [-0.3, -0.25) is 77.9 Å². The number of hydrogen-bond acceptors (Lipinski definition) is 20. The van der Waals surface area contributed by atoms with Crippen LogP contribution in [-0.2, 0) is 65.8 Å². The topological polar surface area (TPSA) is 356 Å². The van der Waals surface area contributed by atoms with E-state index in [0.717, 1.165) is 87.5 Å². The second-order valence-electron chi connectivity index (χ2n) is 29.3. The number of allylic oxidation sites excluding steroid dienone is 8. The molecule has 24 nitrogen and oxygen atoms in total. The number of carbonyl (C=O) groups excluding carboxylic acids is 4. The van der Waals surface area contributed by atoms with Gasteiger partial charge in [-0.05, 0) is 146 Å². The molecular formula is C92H76F8N12O12S4. The van der Waals surface area contributed by atoms with Crippen molar-refractivity contribution in [2.45, 2.75) is 79.1 Å². The van der Waals surface area contributed by atoms with E-state index in [-0.39, 0.29) is 58.1 Å². The zero-order valence-corrected chi connectivity index (χ0v) is 71.7. The largest absolute Gasteiger partial charge is 0.288 e. The zero-order chi connectivity index (χ0) is 91.5. The van der Waals surface area contributed by atoms with E-state index in [4.69, 9.17) is 0 Å². The molecule has 0 amide bonds. The summed E-state index contributed by atoms with van der Waals surface area (Å²) < 4.78 is 222. The highest BCUT2D eigenvalue weighted by Gasteiger charge is 2.35. The lowest BCUT2D eigenvalue weighted by atomic mass is 9.96. The SMILES string of the molecule is CCCS(=O)(=O)Nc1c(F)ccc(C(=O)C2=CCc3ncc(-c4cccnc4)cc32)c1F.CCCS(=O)(=O)Nc1c(F)ccc(C(=O)C2=CCc3ncc(-c4ccncc4)cc32)c1F.CCCS(=O)(=O)Nc1ccc(F)c(C(=O)C2=CCc3ncc(-c4cccnc4)cc32)c1F.CCCS(=O)(=O)Nc1ccc(F)c(C(=O)C2=CCc3ncc(-c4ccncc4)cc32)c1F. The van der Waals surface area contributed by atoms with Crippen molar-refractivity contribution in [1.82, 2.24) is 39.9 Å². The molecule has 0 spiro atoms. The molecule has 128 heavy (non-hydrogen) atoms. The Kier molecular flexibility index (Phi) is 28.2. The molecule has 0 atom stereocenters. The first-order valence-corrected chi connectivity index (χ1v) is 46.3. The molecular weight excluding hydrogens is 1750 g/mol. The Morgan fingerprint density at radius 2 is 0.594 bits per heavy atom. The molecule has 4 N–H and O–H groups in total. The van der Waals surface area contributed by atoms with Crippen LogP contribution < -0.4 is 18.9 Å². The summed E-state index contributed by atoms with van der Waals surface area (Å²) in [6.07, 6.45) is 28.9. The zero-order valence-electron chi connectivity index (χ0n) is 68.4. The van der Waals surface area contributed by atoms with Crippen molar-refractivity contribution in [3.8, 4) is 44.5 Å². The smallest absolute Gasteiger partial charge is 0.232 e. The Balaban J connectivity index is 0.000000146. The molecule has 36 heteroatoms. The number of benzene rings is 4. The van der Waals surface area contributed by atoms with E-state index in [1.54, 1.807) is 187 Å². The van der Waals surface area contributed by atoms with Crippen LogP contribution in [0.2, 0.25) is 0 Å². The standard InChI is InChI=1S/4C23H19F2N3O3S/c1-2-11-32(30,31)28-22-19(24)5-3-17(21(22)25)23(29)16-4-6-20-18(16)12-15(13-27-20)14-7-9-26-10-8-14;1-2-11-32(30,31)28-20-6-4-18(24)21(22(20)25)23(29)16-3-5-19-17(16)12-15(13-27-19)14-7-9-26-10-8-14;1-2-10-32(30,31)28-22-19(24)7-5-17(21(22)25)23(29)16-6-8-20-18(16)11-15(13-27-20)14-4-3-9-26-12-14;1-2-10-32(30,31)28-20-8-6-18(24)21(22(20)25)23(29)16-5-7-19-17(16)11-15(13-27-19)14-4-3-9-26-12-14/h3-5,7-10,12-13,28H,2,6,11H2,1H3;3-4,6-10,12-13,28H,2,5,11H2,1H3;3-7,9,11-13,28H,2,8,10H2,1H3;3-6,8-9,11-13,28H,2,7,10H2,1H3. The quantitative estimate of drug-likeness (QED) is 0.0261. The minimum atomic E-state index is -3.95. The molecule has 0 unspecified atom stereocenters. The third-order valence-electron chi connectivity index (χ3n) is 20.3. The first-order chi connectivity index (χ1) is 61.2. The van der Waals surface area contributed by atoms with Gasteiger partial charge < -0.3 is 0 Å². The van der Waals surface area contributed by atoms with E-state index in [2.05, 4.69) is 49.3 Å². The van der Waals surface area contributed by atoms with Crippen LogP contribution in [-0.4, -0.2) is 120 Å². The summed E-state index contributed by atoms with van der Waals surface area (Å²) in [6.45, 7) is 6.58. The number of anilines is 4. The maximum Gasteiger partial charge on any atom is 0.232 e. The van der Waals surface area contributed by atoms with Crippen LogP contribution in [0.25, 0.3) is 66.8 Å². The summed E-state index contributed by atoms with van der Waals surface area (Å²) >= 11 is 0. The minimum absolute atomic E-state index is 0.115. The molecule has 8 aromatic heterocycles. The van der Waals surface area contributed by atoms with E-state index in [0.29, 0.717) is 89.1 Å². The number of hydrogen-bond donors (Lipinski definition) is 4. The fourth-order valence-electron chi connectivity index (χ4n) is 14.2. The van der Waals surface area contributed by atoms with Gasteiger partial charge in [0, 0.05) is 178 Å². The molecule has 0 saturated carbocycles. The van der Waals surface area contributed by atoms with Gasteiger partial charge in [-0.2, -0.15) is 0 Å². The number of halogens is 8. The maximum absolute atomic E-state index is 15.1. The lowest BCUT2D eigenvalue weighted by molar-refractivity contribution is 0.104. The summed E-state index contributed by atoms with van der Waals surface area (Å²) in [5.41, 5.74) is 6.43. The Morgan fingerprint density at radius 3 is 0.891 bits per heavy atom. The molecule has 0 radical (unpaired) electrons. The predicted octanol–water partition coefficient (Wildman–Crippen LogP) is 17.6. The van der Waals surface area contributed by atoms with Crippen LogP contribution in [0, 0.1) is 46.5 Å². The van der Waals surface area contributed by atoms with Crippen LogP contribution in [0.3, 0.4) is 0 Å². The summed E-state index contributed by atoms with van der Waals surface area (Å²) in [7, 11) is -15.5. The third kappa shape index (κ3) is 20.8. The molecule has 4 aliphatic rings. The number of pyridine rings is 8. The van der Waals surface area contributed by atoms with Crippen LogP contribution >= 0.6 is 0 Å². The number of aromatic nitrogens is 8. The first kappa shape index (κ1) is 91.8. The van der Waals surface area contributed by atoms with Crippen LogP contribution in [0.4, 0.5) is 57.9 Å². The van der Waals surface area contributed by atoms with Crippen LogP contribution in [0.5, 0.6) is 0 Å². The lowest BCUT2D eigenvalue weighted by Crippen LogP contribution is -2.19. The van der Waals surface area contributed by atoms with E-state index in [1.165, 1.54) is 0 Å². The molecule has 8 heterocycles. The molecule has 0 bridgehead atoms.